The van der Waals surface area contributed by atoms with Gasteiger partial charge in [-0.1, -0.05) is 41.9 Å². The van der Waals surface area contributed by atoms with Crippen LogP contribution in [-0.4, -0.2) is 29.0 Å². The summed E-state index contributed by atoms with van der Waals surface area (Å²) in [5.74, 6) is 0.493. The SMILES string of the molecule is CN1Cc2c3n(c4ccc(Cl)cc24)C(=O)C(c2ccccc2)CC3C1. The van der Waals surface area contributed by atoms with Crippen molar-refractivity contribution in [1.82, 2.24) is 9.47 Å². The fourth-order valence-corrected chi connectivity index (χ4v) is 4.84. The van der Waals surface area contributed by atoms with Crippen molar-refractivity contribution in [1.29, 1.82) is 0 Å². The van der Waals surface area contributed by atoms with E-state index in [1.165, 1.54) is 11.3 Å². The number of nitrogens with zero attached hydrogens (tertiary/aromatic N) is 2. The van der Waals surface area contributed by atoms with Crippen LogP contribution in [-0.2, 0) is 6.54 Å². The van der Waals surface area contributed by atoms with Crippen molar-refractivity contribution >= 4 is 28.4 Å². The van der Waals surface area contributed by atoms with Gasteiger partial charge in [-0.15, -0.1) is 0 Å². The van der Waals surface area contributed by atoms with Gasteiger partial charge in [0.2, 0.25) is 5.91 Å². The first-order chi connectivity index (χ1) is 12.1. The zero-order chi connectivity index (χ0) is 17.1. The molecule has 2 aliphatic rings. The van der Waals surface area contributed by atoms with Crippen LogP contribution in [0.5, 0.6) is 0 Å². The summed E-state index contributed by atoms with van der Waals surface area (Å²) in [5.41, 5.74) is 4.60. The lowest BCUT2D eigenvalue weighted by atomic mass is 9.80. The van der Waals surface area contributed by atoms with E-state index < -0.39 is 0 Å². The van der Waals surface area contributed by atoms with E-state index in [9.17, 15) is 4.79 Å². The number of hydrogen-bond acceptors (Lipinski definition) is 2. The summed E-state index contributed by atoms with van der Waals surface area (Å²) in [6.07, 6.45) is 0.879. The molecule has 126 valence electrons. The van der Waals surface area contributed by atoms with E-state index >= 15 is 0 Å². The van der Waals surface area contributed by atoms with Gasteiger partial charge in [-0.2, -0.15) is 0 Å². The van der Waals surface area contributed by atoms with Gasteiger partial charge in [-0.25, -0.2) is 0 Å². The van der Waals surface area contributed by atoms with Crippen LogP contribution < -0.4 is 0 Å². The number of carbonyl (C=O) groups is 1. The van der Waals surface area contributed by atoms with Gasteiger partial charge in [-0.05, 0) is 42.8 Å². The van der Waals surface area contributed by atoms with Crippen molar-refractivity contribution in [3.63, 3.8) is 0 Å². The molecular weight excluding hydrogens is 332 g/mol. The Labute approximate surface area is 151 Å². The Balaban J connectivity index is 1.77. The average Bonchev–Trinajstić information content (AvgIpc) is 2.93. The highest BCUT2D eigenvalue weighted by Gasteiger charge is 2.40. The molecular formula is C21H19ClN2O. The first-order valence-corrected chi connectivity index (χ1v) is 9.11. The van der Waals surface area contributed by atoms with E-state index in [0.717, 1.165) is 41.0 Å². The number of aromatic nitrogens is 1. The van der Waals surface area contributed by atoms with Crippen LogP contribution in [0.4, 0.5) is 0 Å². The van der Waals surface area contributed by atoms with Crippen LogP contribution >= 0.6 is 11.6 Å². The summed E-state index contributed by atoms with van der Waals surface area (Å²) in [5, 5.41) is 1.85. The highest BCUT2D eigenvalue weighted by Crippen LogP contribution is 2.45. The van der Waals surface area contributed by atoms with E-state index in [-0.39, 0.29) is 11.8 Å². The first-order valence-electron chi connectivity index (χ1n) is 8.74. The quantitative estimate of drug-likeness (QED) is 0.638. The van der Waals surface area contributed by atoms with Gasteiger partial charge in [0.15, 0.2) is 0 Å². The maximum Gasteiger partial charge on any atom is 0.238 e. The molecule has 0 saturated carbocycles. The largest absolute Gasteiger partial charge is 0.301 e. The number of benzene rings is 2. The lowest BCUT2D eigenvalue weighted by Crippen LogP contribution is -2.38. The first kappa shape index (κ1) is 15.2. The molecule has 0 aliphatic carbocycles. The third-order valence-electron chi connectivity index (χ3n) is 5.66. The molecule has 0 saturated heterocycles. The van der Waals surface area contributed by atoms with Crippen LogP contribution in [0, 0.1) is 0 Å². The fourth-order valence-electron chi connectivity index (χ4n) is 4.67. The third-order valence-corrected chi connectivity index (χ3v) is 5.90. The highest BCUT2D eigenvalue weighted by atomic mass is 35.5. The van der Waals surface area contributed by atoms with Gasteiger partial charge in [0.1, 0.15) is 0 Å². The van der Waals surface area contributed by atoms with Crippen molar-refractivity contribution in [2.75, 3.05) is 13.6 Å². The van der Waals surface area contributed by atoms with Crippen molar-refractivity contribution in [3.05, 3.63) is 70.4 Å². The van der Waals surface area contributed by atoms with Gasteiger partial charge in [0.05, 0.1) is 11.4 Å². The third kappa shape index (κ3) is 2.19. The number of halogens is 1. The number of carbonyl (C=O) groups excluding carboxylic acids is 1. The second kappa shape index (κ2) is 5.45. The Morgan fingerprint density at radius 1 is 1.12 bits per heavy atom. The summed E-state index contributed by atoms with van der Waals surface area (Å²) in [7, 11) is 2.16. The zero-order valence-corrected chi connectivity index (χ0v) is 14.8. The highest BCUT2D eigenvalue weighted by molar-refractivity contribution is 6.31. The minimum absolute atomic E-state index is 0.0793. The Bertz CT molecular complexity index is 992. The molecule has 0 spiro atoms. The molecule has 0 fully saturated rings. The van der Waals surface area contributed by atoms with Gasteiger partial charge >= 0.3 is 0 Å². The van der Waals surface area contributed by atoms with Crippen LogP contribution in [0.25, 0.3) is 10.9 Å². The van der Waals surface area contributed by atoms with E-state index in [4.69, 9.17) is 11.6 Å². The van der Waals surface area contributed by atoms with Crippen molar-refractivity contribution < 1.29 is 4.79 Å². The van der Waals surface area contributed by atoms with Crippen molar-refractivity contribution in [2.24, 2.45) is 0 Å². The van der Waals surface area contributed by atoms with Crippen molar-refractivity contribution in [2.45, 2.75) is 24.8 Å². The molecule has 3 aromatic rings. The number of hydrogen-bond donors (Lipinski definition) is 0. The maximum atomic E-state index is 13.4. The number of fused-ring (bicyclic) bond motifs is 3. The summed E-state index contributed by atoms with van der Waals surface area (Å²) >= 11 is 6.26. The fraction of sp³-hybridized carbons (Fsp3) is 0.286. The smallest absolute Gasteiger partial charge is 0.238 e. The molecule has 0 N–H and O–H groups in total. The predicted octanol–water partition coefficient (Wildman–Crippen LogP) is 4.65. The molecule has 5 rings (SSSR count). The minimum Gasteiger partial charge on any atom is -0.301 e. The molecule has 0 amide bonds. The average molecular weight is 351 g/mol. The Kier molecular flexibility index (Phi) is 3.31. The summed E-state index contributed by atoms with van der Waals surface area (Å²) in [4.78, 5) is 15.8. The molecule has 3 heterocycles. The molecule has 0 bridgehead atoms. The molecule has 1 aromatic heterocycles. The Hall–Kier alpha value is -2.10. The summed E-state index contributed by atoms with van der Waals surface area (Å²) in [6, 6.07) is 16.1. The molecule has 2 unspecified atom stereocenters. The second-order valence-corrected chi connectivity index (χ2v) is 7.73. The second-order valence-electron chi connectivity index (χ2n) is 7.29. The lowest BCUT2D eigenvalue weighted by Gasteiger charge is -2.37. The van der Waals surface area contributed by atoms with Crippen LogP contribution in [0.2, 0.25) is 5.02 Å². The van der Waals surface area contributed by atoms with Crippen LogP contribution in [0.3, 0.4) is 0 Å². The van der Waals surface area contributed by atoms with Gasteiger partial charge in [0.25, 0.3) is 0 Å². The molecule has 0 radical (unpaired) electrons. The van der Waals surface area contributed by atoms with E-state index in [2.05, 4.69) is 24.1 Å². The molecule has 3 nitrogen and oxygen atoms in total. The molecule has 25 heavy (non-hydrogen) atoms. The van der Waals surface area contributed by atoms with E-state index in [1.54, 1.807) is 0 Å². The summed E-state index contributed by atoms with van der Waals surface area (Å²) < 4.78 is 1.99. The zero-order valence-electron chi connectivity index (χ0n) is 14.1. The van der Waals surface area contributed by atoms with Gasteiger partial charge in [-0.3, -0.25) is 9.36 Å². The Morgan fingerprint density at radius 2 is 1.92 bits per heavy atom. The van der Waals surface area contributed by atoms with Gasteiger partial charge < -0.3 is 4.90 Å². The molecule has 4 heteroatoms. The summed E-state index contributed by atoms with van der Waals surface area (Å²) in [6.45, 7) is 1.87. The van der Waals surface area contributed by atoms with E-state index in [0.29, 0.717) is 5.92 Å². The van der Waals surface area contributed by atoms with Gasteiger partial charge in [0, 0.05) is 35.1 Å². The lowest BCUT2D eigenvalue weighted by molar-refractivity contribution is 0.0835. The Morgan fingerprint density at radius 3 is 2.72 bits per heavy atom. The standard InChI is InChI=1S/C21H19ClN2O/c1-23-11-14-9-16(13-5-3-2-4-6-13)21(25)24-19-8-7-15(22)10-17(19)18(12-23)20(14)24/h2-8,10,14,16H,9,11-12H2,1H3. The molecule has 2 aromatic carbocycles. The topological polar surface area (TPSA) is 25.2 Å². The number of rotatable bonds is 1. The minimum atomic E-state index is -0.0793. The monoisotopic (exact) mass is 350 g/mol. The predicted molar refractivity (Wildman–Crippen MR) is 100 cm³/mol. The normalized spacial score (nSPS) is 23.0. The maximum absolute atomic E-state index is 13.4. The molecule has 2 atom stereocenters. The van der Waals surface area contributed by atoms with Crippen LogP contribution in [0.15, 0.2) is 48.5 Å². The van der Waals surface area contributed by atoms with Crippen LogP contribution in [0.1, 0.15) is 39.9 Å². The molecule has 2 aliphatic heterocycles. The number of likely N-dealkylation sites (N-methyl/N-ethyl adjacent to an activating group) is 1. The van der Waals surface area contributed by atoms with Crippen molar-refractivity contribution in [3.8, 4) is 0 Å². The van der Waals surface area contributed by atoms with E-state index in [1.807, 2.05) is 41.0 Å².